The maximum Gasteiger partial charge on any atom is 0.323 e. The molecule has 0 amide bonds. The van der Waals surface area contributed by atoms with E-state index in [0.29, 0.717) is 12.6 Å². The number of aliphatic carboxylic acids is 1. The Morgan fingerprint density at radius 1 is 1.50 bits per heavy atom. The van der Waals surface area contributed by atoms with E-state index in [1.54, 1.807) is 0 Å². The third-order valence-electron chi connectivity index (χ3n) is 4.58. The van der Waals surface area contributed by atoms with E-state index >= 15 is 0 Å². The van der Waals surface area contributed by atoms with Crippen LogP contribution in [-0.2, 0) is 11.3 Å². The van der Waals surface area contributed by atoms with Crippen LogP contribution in [0.25, 0.3) is 0 Å². The second-order valence-corrected chi connectivity index (χ2v) is 5.86. The average molecular weight is 279 g/mol. The van der Waals surface area contributed by atoms with Gasteiger partial charge in [0.1, 0.15) is 5.54 Å². The fourth-order valence-corrected chi connectivity index (χ4v) is 3.04. The van der Waals surface area contributed by atoms with Gasteiger partial charge < -0.3 is 5.11 Å². The lowest BCUT2D eigenvalue weighted by molar-refractivity contribution is -0.148. The maximum absolute atomic E-state index is 11.5. The summed E-state index contributed by atoms with van der Waals surface area (Å²) in [6, 6.07) is 2.45. The van der Waals surface area contributed by atoms with Crippen molar-refractivity contribution in [3.8, 4) is 0 Å². The first-order valence-corrected chi connectivity index (χ1v) is 7.53. The van der Waals surface area contributed by atoms with Crippen molar-refractivity contribution >= 4 is 5.97 Å². The molecule has 1 atom stereocenters. The highest BCUT2D eigenvalue weighted by Crippen LogP contribution is 2.30. The van der Waals surface area contributed by atoms with Crippen LogP contribution in [0.1, 0.15) is 58.2 Å². The highest BCUT2D eigenvalue weighted by Gasteiger charge is 2.43. The van der Waals surface area contributed by atoms with Crippen molar-refractivity contribution < 1.29 is 9.90 Å². The molecule has 2 heterocycles. The van der Waals surface area contributed by atoms with E-state index in [0.717, 1.165) is 37.9 Å². The molecule has 0 radical (unpaired) electrons. The highest BCUT2D eigenvalue weighted by molar-refractivity contribution is 5.78. The Morgan fingerprint density at radius 2 is 2.20 bits per heavy atom. The minimum atomic E-state index is -0.737. The molecule has 1 aromatic heterocycles. The van der Waals surface area contributed by atoms with Gasteiger partial charge in [0.15, 0.2) is 0 Å². The summed E-state index contributed by atoms with van der Waals surface area (Å²) in [6.45, 7) is 7.60. The lowest BCUT2D eigenvalue weighted by atomic mass is 9.99. The topological polar surface area (TPSA) is 58.4 Å². The fraction of sp³-hybridized carbons (Fsp3) is 0.733. The number of nitrogens with zero attached hydrogens (tertiary/aromatic N) is 3. The second-order valence-electron chi connectivity index (χ2n) is 5.86. The Balaban J connectivity index is 2.09. The van der Waals surface area contributed by atoms with Crippen LogP contribution in [0.4, 0.5) is 0 Å². The quantitative estimate of drug-likeness (QED) is 0.869. The standard InChI is InChI=1S/C15H25N3O2/c1-4-13(5-2)18-10-7-12(16-18)11-17-9-6-8-15(17,3)14(19)20/h7,10,13H,4-6,8-9,11H2,1-3H3,(H,19,20). The van der Waals surface area contributed by atoms with Crippen LogP contribution < -0.4 is 0 Å². The van der Waals surface area contributed by atoms with Crippen LogP contribution >= 0.6 is 0 Å². The molecule has 0 aliphatic carbocycles. The van der Waals surface area contributed by atoms with Gasteiger partial charge in [0, 0.05) is 12.7 Å². The lowest BCUT2D eigenvalue weighted by Gasteiger charge is -2.30. The molecular weight excluding hydrogens is 254 g/mol. The van der Waals surface area contributed by atoms with Crippen molar-refractivity contribution in [2.24, 2.45) is 0 Å². The van der Waals surface area contributed by atoms with Crippen LogP contribution in [-0.4, -0.2) is 37.8 Å². The number of likely N-dealkylation sites (tertiary alicyclic amines) is 1. The third-order valence-corrected chi connectivity index (χ3v) is 4.58. The molecule has 1 unspecified atom stereocenters. The van der Waals surface area contributed by atoms with Gasteiger partial charge >= 0.3 is 5.97 Å². The third kappa shape index (κ3) is 2.73. The number of aromatic nitrogens is 2. The van der Waals surface area contributed by atoms with Crippen LogP contribution in [0.15, 0.2) is 12.3 Å². The number of carboxylic acid groups (broad SMARTS) is 1. The van der Waals surface area contributed by atoms with Crippen LogP contribution in [0.3, 0.4) is 0 Å². The molecule has 0 aromatic carbocycles. The molecule has 1 aliphatic heterocycles. The fourth-order valence-electron chi connectivity index (χ4n) is 3.04. The first-order chi connectivity index (χ1) is 9.51. The summed E-state index contributed by atoms with van der Waals surface area (Å²) in [6.07, 6.45) is 5.80. The zero-order valence-corrected chi connectivity index (χ0v) is 12.7. The van der Waals surface area contributed by atoms with E-state index in [1.165, 1.54) is 0 Å². The van der Waals surface area contributed by atoms with E-state index in [-0.39, 0.29) is 0 Å². The van der Waals surface area contributed by atoms with Crippen LogP contribution in [0.5, 0.6) is 0 Å². The van der Waals surface area contributed by atoms with Gasteiger partial charge in [-0.1, -0.05) is 13.8 Å². The second kappa shape index (κ2) is 5.95. The molecule has 1 N–H and O–H groups in total. The van der Waals surface area contributed by atoms with Gasteiger partial charge in [-0.05, 0) is 45.2 Å². The minimum absolute atomic E-state index is 0.438. The Hall–Kier alpha value is -1.36. The summed E-state index contributed by atoms with van der Waals surface area (Å²) in [5.41, 5.74) is 0.227. The monoisotopic (exact) mass is 279 g/mol. The molecule has 20 heavy (non-hydrogen) atoms. The maximum atomic E-state index is 11.5. The zero-order chi connectivity index (χ0) is 14.8. The van der Waals surface area contributed by atoms with Crippen molar-refractivity contribution in [1.82, 2.24) is 14.7 Å². The average Bonchev–Trinajstić information content (AvgIpc) is 3.01. The van der Waals surface area contributed by atoms with Crippen molar-refractivity contribution in [3.05, 3.63) is 18.0 Å². The summed E-state index contributed by atoms with van der Waals surface area (Å²) in [7, 11) is 0. The van der Waals surface area contributed by atoms with E-state index in [1.807, 2.05) is 28.8 Å². The first-order valence-electron chi connectivity index (χ1n) is 7.53. The van der Waals surface area contributed by atoms with Gasteiger partial charge in [0.2, 0.25) is 0 Å². The predicted octanol–water partition coefficient (Wildman–Crippen LogP) is 2.68. The molecule has 112 valence electrons. The van der Waals surface area contributed by atoms with Crippen molar-refractivity contribution in [1.29, 1.82) is 0 Å². The highest BCUT2D eigenvalue weighted by atomic mass is 16.4. The SMILES string of the molecule is CCC(CC)n1ccc(CN2CCCC2(C)C(=O)O)n1. The van der Waals surface area contributed by atoms with Gasteiger partial charge in [-0.25, -0.2) is 0 Å². The number of carboxylic acids is 1. The smallest absolute Gasteiger partial charge is 0.323 e. The summed E-state index contributed by atoms with van der Waals surface area (Å²) in [5.74, 6) is -0.727. The normalized spacial score (nSPS) is 23.6. The summed E-state index contributed by atoms with van der Waals surface area (Å²) >= 11 is 0. The Kier molecular flexibility index (Phi) is 4.48. The van der Waals surface area contributed by atoms with Gasteiger partial charge in [-0.3, -0.25) is 14.4 Å². The minimum Gasteiger partial charge on any atom is -0.480 e. The molecule has 0 spiro atoms. The van der Waals surface area contributed by atoms with Gasteiger partial charge in [-0.2, -0.15) is 5.10 Å². The number of hydrogen-bond acceptors (Lipinski definition) is 3. The van der Waals surface area contributed by atoms with E-state index in [9.17, 15) is 9.90 Å². The van der Waals surface area contributed by atoms with Crippen molar-refractivity contribution in [3.63, 3.8) is 0 Å². The van der Waals surface area contributed by atoms with E-state index in [2.05, 4.69) is 18.9 Å². The molecule has 0 saturated carbocycles. The summed E-state index contributed by atoms with van der Waals surface area (Å²) in [5, 5.41) is 14.0. The van der Waals surface area contributed by atoms with Crippen molar-refractivity contribution in [2.75, 3.05) is 6.54 Å². The first kappa shape index (κ1) is 15.0. The Labute approximate surface area is 120 Å². The number of hydrogen-bond donors (Lipinski definition) is 1. The summed E-state index contributed by atoms with van der Waals surface area (Å²) < 4.78 is 2.02. The van der Waals surface area contributed by atoms with Gasteiger partial charge in [0.05, 0.1) is 11.7 Å². The number of rotatable bonds is 6. The zero-order valence-electron chi connectivity index (χ0n) is 12.7. The van der Waals surface area contributed by atoms with Crippen LogP contribution in [0.2, 0.25) is 0 Å². The number of carbonyl (C=O) groups is 1. The molecular formula is C15H25N3O2. The van der Waals surface area contributed by atoms with Crippen LogP contribution in [0, 0.1) is 0 Å². The molecule has 0 bridgehead atoms. The molecule has 2 rings (SSSR count). The molecule has 1 fully saturated rings. The molecule has 5 heteroatoms. The Morgan fingerprint density at radius 3 is 2.80 bits per heavy atom. The predicted molar refractivity (Wildman–Crippen MR) is 77.5 cm³/mol. The molecule has 5 nitrogen and oxygen atoms in total. The van der Waals surface area contributed by atoms with Gasteiger partial charge in [-0.15, -0.1) is 0 Å². The molecule has 1 saturated heterocycles. The lowest BCUT2D eigenvalue weighted by Crippen LogP contribution is -2.47. The molecule has 1 aliphatic rings. The largest absolute Gasteiger partial charge is 0.480 e. The summed E-state index contributed by atoms with van der Waals surface area (Å²) in [4.78, 5) is 13.5. The van der Waals surface area contributed by atoms with E-state index < -0.39 is 11.5 Å². The van der Waals surface area contributed by atoms with E-state index in [4.69, 9.17) is 0 Å². The molecule has 1 aromatic rings. The Bertz CT molecular complexity index is 467. The van der Waals surface area contributed by atoms with Gasteiger partial charge in [0.25, 0.3) is 0 Å². The van der Waals surface area contributed by atoms with Crippen molar-refractivity contribution in [2.45, 2.75) is 64.6 Å².